The zero-order valence-corrected chi connectivity index (χ0v) is 14.0. The van der Waals surface area contributed by atoms with Crippen molar-refractivity contribution in [3.8, 4) is 0 Å². The van der Waals surface area contributed by atoms with Crippen molar-refractivity contribution in [3.05, 3.63) is 35.6 Å². The van der Waals surface area contributed by atoms with Crippen molar-refractivity contribution in [2.24, 2.45) is 0 Å². The Bertz CT molecular complexity index is 502. The molecule has 2 N–H and O–H groups in total. The molecule has 4 heteroatoms. The van der Waals surface area contributed by atoms with Gasteiger partial charge in [-0.2, -0.15) is 0 Å². The second kappa shape index (κ2) is 7.73. The van der Waals surface area contributed by atoms with E-state index in [4.69, 9.17) is 0 Å². The third-order valence-corrected chi connectivity index (χ3v) is 5.55. The highest BCUT2D eigenvalue weighted by Gasteiger charge is 2.31. The highest BCUT2D eigenvalue weighted by atomic mass is 19.1. The summed E-state index contributed by atoms with van der Waals surface area (Å²) in [5, 5.41) is 13.8. The SMILES string of the molecule is CC(NC1CCN(C2CCCCC2O)CC1)c1ccccc1F. The van der Waals surface area contributed by atoms with E-state index in [2.05, 4.69) is 10.2 Å². The van der Waals surface area contributed by atoms with Crippen LogP contribution in [0.4, 0.5) is 4.39 Å². The molecule has 0 bridgehead atoms. The van der Waals surface area contributed by atoms with Gasteiger partial charge in [-0.15, -0.1) is 0 Å². The molecule has 1 saturated heterocycles. The molecule has 3 nitrogen and oxygen atoms in total. The average molecular weight is 320 g/mol. The molecule has 3 rings (SSSR count). The Balaban J connectivity index is 1.50. The van der Waals surface area contributed by atoms with E-state index in [1.807, 2.05) is 19.1 Å². The molecular formula is C19H29FN2O. The standard InChI is InChI=1S/C19H29FN2O/c1-14(16-6-2-3-7-17(16)20)21-15-10-12-22(13-11-15)18-8-4-5-9-19(18)23/h2-3,6-7,14-15,18-19,21,23H,4-5,8-13H2,1H3. The van der Waals surface area contributed by atoms with Gasteiger partial charge in [-0.1, -0.05) is 31.0 Å². The number of nitrogens with one attached hydrogen (secondary N) is 1. The molecule has 1 heterocycles. The van der Waals surface area contributed by atoms with Gasteiger partial charge in [0.25, 0.3) is 0 Å². The fraction of sp³-hybridized carbons (Fsp3) is 0.684. The largest absolute Gasteiger partial charge is 0.391 e. The van der Waals surface area contributed by atoms with E-state index < -0.39 is 0 Å². The molecule has 1 aliphatic carbocycles. The number of piperidine rings is 1. The van der Waals surface area contributed by atoms with Crippen LogP contribution in [0.1, 0.15) is 57.1 Å². The van der Waals surface area contributed by atoms with E-state index in [9.17, 15) is 9.50 Å². The van der Waals surface area contributed by atoms with Gasteiger partial charge < -0.3 is 10.4 Å². The molecule has 23 heavy (non-hydrogen) atoms. The molecular weight excluding hydrogens is 291 g/mol. The Hall–Kier alpha value is -0.970. The Kier molecular flexibility index (Phi) is 5.67. The first-order valence-corrected chi connectivity index (χ1v) is 9.07. The molecule has 1 aromatic carbocycles. The number of aliphatic hydroxyl groups is 1. The summed E-state index contributed by atoms with van der Waals surface area (Å²) in [5.41, 5.74) is 0.748. The summed E-state index contributed by atoms with van der Waals surface area (Å²) in [6.45, 7) is 4.10. The summed E-state index contributed by atoms with van der Waals surface area (Å²) in [5.74, 6) is -0.129. The number of likely N-dealkylation sites (tertiary alicyclic amines) is 1. The molecule has 0 spiro atoms. The number of rotatable bonds is 4. The minimum absolute atomic E-state index is 0.0352. The molecule has 0 amide bonds. The molecule has 3 atom stereocenters. The summed E-state index contributed by atoms with van der Waals surface area (Å²) in [6, 6.07) is 7.84. The maximum absolute atomic E-state index is 13.9. The van der Waals surface area contributed by atoms with Gasteiger partial charge in [-0.05, 0) is 38.7 Å². The van der Waals surface area contributed by atoms with E-state index in [-0.39, 0.29) is 18.0 Å². The fourth-order valence-electron chi connectivity index (χ4n) is 4.19. The highest BCUT2D eigenvalue weighted by Crippen LogP contribution is 2.26. The molecule has 2 aliphatic rings. The van der Waals surface area contributed by atoms with E-state index in [0.29, 0.717) is 12.1 Å². The first kappa shape index (κ1) is 16.9. The number of hydrogen-bond donors (Lipinski definition) is 2. The second-order valence-corrected chi connectivity index (χ2v) is 7.14. The number of halogens is 1. The predicted molar refractivity (Wildman–Crippen MR) is 90.8 cm³/mol. The van der Waals surface area contributed by atoms with Gasteiger partial charge in [0.1, 0.15) is 5.82 Å². The Morgan fingerprint density at radius 3 is 2.52 bits per heavy atom. The predicted octanol–water partition coefficient (Wildman–Crippen LogP) is 3.24. The molecule has 3 unspecified atom stereocenters. The lowest BCUT2D eigenvalue weighted by Gasteiger charge is -2.42. The maximum atomic E-state index is 13.9. The smallest absolute Gasteiger partial charge is 0.127 e. The third-order valence-electron chi connectivity index (χ3n) is 5.55. The van der Waals surface area contributed by atoms with Crippen molar-refractivity contribution < 1.29 is 9.50 Å². The molecule has 1 aromatic rings. The van der Waals surface area contributed by atoms with Crippen LogP contribution in [0.5, 0.6) is 0 Å². The monoisotopic (exact) mass is 320 g/mol. The molecule has 1 saturated carbocycles. The van der Waals surface area contributed by atoms with Crippen molar-refractivity contribution >= 4 is 0 Å². The van der Waals surface area contributed by atoms with Crippen molar-refractivity contribution in [3.63, 3.8) is 0 Å². The summed E-state index contributed by atoms with van der Waals surface area (Å²) in [7, 11) is 0. The second-order valence-electron chi connectivity index (χ2n) is 7.14. The van der Waals surface area contributed by atoms with Crippen LogP contribution in [-0.2, 0) is 0 Å². The Morgan fingerprint density at radius 2 is 1.83 bits per heavy atom. The minimum atomic E-state index is -0.148. The van der Waals surface area contributed by atoms with Crippen molar-refractivity contribution in [2.45, 2.75) is 69.7 Å². The van der Waals surface area contributed by atoms with Gasteiger partial charge >= 0.3 is 0 Å². The Morgan fingerprint density at radius 1 is 1.13 bits per heavy atom. The van der Waals surface area contributed by atoms with Gasteiger partial charge in [0, 0.05) is 36.8 Å². The van der Waals surface area contributed by atoms with Gasteiger partial charge in [0.2, 0.25) is 0 Å². The van der Waals surface area contributed by atoms with E-state index in [0.717, 1.165) is 50.8 Å². The summed E-state index contributed by atoms with van der Waals surface area (Å²) in [6.07, 6.45) is 6.48. The first-order chi connectivity index (χ1) is 11.1. The quantitative estimate of drug-likeness (QED) is 0.894. The molecule has 0 aromatic heterocycles. The minimum Gasteiger partial charge on any atom is -0.391 e. The first-order valence-electron chi connectivity index (χ1n) is 9.07. The van der Waals surface area contributed by atoms with E-state index >= 15 is 0 Å². The lowest BCUT2D eigenvalue weighted by Crippen LogP contribution is -2.51. The lowest BCUT2D eigenvalue weighted by molar-refractivity contribution is 0.00669. The maximum Gasteiger partial charge on any atom is 0.127 e. The number of benzene rings is 1. The number of aliphatic hydroxyl groups excluding tert-OH is 1. The van der Waals surface area contributed by atoms with Crippen LogP contribution in [0.3, 0.4) is 0 Å². The third kappa shape index (κ3) is 4.11. The van der Waals surface area contributed by atoms with Crippen LogP contribution in [0.15, 0.2) is 24.3 Å². The summed E-state index contributed by atoms with van der Waals surface area (Å²) >= 11 is 0. The van der Waals surface area contributed by atoms with Gasteiger partial charge in [0.05, 0.1) is 6.10 Å². The lowest BCUT2D eigenvalue weighted by atomic mass is 9.89. The topological polar surface area (TPSA) is 35.5 Å². The van der Waals surface area contributed by atoms with Crippen LogP contribution in [0, 0.1) is 5.82 Å². The Labute approximate surface area is 138 Å². The summed E-state index contributed by atoms with van der Waals surface area (Å²) in [4.78, 5) is 2.47. The molecule has 2 fully saturated rings. The summed E-state index contributed by atoms with van der Waals surface area (Å²) < 4.78 is 13.9. The number of hydrogen-bond acceptors (Lipinski definition) is 3. The van der Waals surface area contributed by atoms with Gasteiger partial charge in [-0.25, -0.2) is 4.39 Å². The zero-order chi connectivity index (χ0) is 16.2. The molecule has 1 aliphatic heterocycles. The number of nitrogens with zero attached hydrogens (tertiary/aromatic N) is 1. The van der Waals surface area contributed by atoms with Crippen molar-refractivity contribution in [1.82, 2.24) is 10.2 Å². The van der Waals surface area contributed by atoms with Gasteiger partial charge in [0.15, 0.2) is 0 Å². The highest BCUT2D eigenvalue weighted by molar-refractivity contribution is 5.20. The normalized spacial score (nSPS) is 28.7. The van der Waals surface area contributed by atoms with E-state index in [1.54, 1.807) is 6.07 Å². The molecule has 128 valence electrons. The zero-order valence-electron chi connectivity index (χ0n) is 14.0. The van der Waals surface area contributed by atoms with E-state index in [1.165, 1.54) is 12.5 Å². The van der Waals surface area contributed by atoms with Crippen LogP contribution < -0.4 is 5.32 Å². The molecule has 0 radical (unpaired) electrons. The average Bonchev–Trinajstić information content (AvgIpc) is 2.56. The van der Waals surface area contributed by atoms with Crippen LogP contribution in [0.25, 0.3) is 0 Å². The van der Waals surface area contributed by atoms with Crippen LogP contribution in [0.2, 0.25) is 0 Å². The van der Waals surface area contributed by atoms with Crippen molar-refractivity contribution in [1.29, 1.82) is 0 Å². The van der Waals surface area contributed by atoms with Crippen LogP contribution >= 0.6 is 0 Å². The van der Waals surface area contributed by atoms with Crippen molar-refractivity contribution in [2.75, 3.05) is 13.1 Å². The fourth-order valence-corrected chi connectivity index (χ4v) is 4.19. The van der Waals surface area contributed by atoms with Gasteiger partial charge in [-0.3, -0.25) is 4.90 Å². The van der Waals surface area contributed by atoms with Crippen LogP contribution in [-0.4, -0.2) is 41.3 Å².